The summed E-state index contributed by atoms with van der Waals surface area (Å²) in [6.45, 7) is 8.99. The summed E-state index contributed by atoms with van der Waals surface area (Å²) < 4.78 is 5.85. The minimum Gasteiger partial charge on any atom is -0.375 e. The van der Waals surface area contributed by atoms with Crippen LogP contribution in [0.1, 0.15) is 46.5 Å². The Kier molecular flexibility index (Phi) is 3.36. The van der Waals surface area contributed by atoms with Crippen molar-refractivity contribution in [1.29, 1.82) is 0 Å². The van der Waals surface area contributed by atoms with Crippen LogP contribution in [0.4, 0.5) is 0 Å². The number of ether oxygens (including phenoxy) is 1. The quantitative estimate of drug-likeness (QED) is 0.771. The summed E-state index contributed by atoms with van der Waals surface area (Å²) in [6.07, 6.45) is 4.94. The minimum absolute atomic E-state index is 0.130. The first-order valence-corrected chi connectivity index (χ1v) is 6.50. The van der Waals surface area contributed by atoms with Crippen LogP contribution in [-0.2, 0) is 4.74 Å². The second-order valence-corrected chi connectivity index (χ2v) is 5.72. The Balaban J connectivity index is 1.72. The highest BCUT2D eigenvalue weighted by molar-refractivity contribution is 4.89. The van der Waals surface area contributed by atoms with E-state index in [-0.39, 0.29) is 5.60 Å². The second kappa shape index (κ2) is 4.42. The van der Waals surface area contributed by atoms with Gasteiger partial charge in [-0.2, -0.15) is 0 Å². The van der Waals surface area contributed by atoms with E-state index in [1.165, 1.54) is 25.8 Å². The lowest BCUT2D eigenvalue weighted by molar-refractivity contribution is -0.0779. The normalized spacial score (nSPS) is 45.4. The summed E-state index contributed by atoms with van der Waals surface area (Å²) in [4.78, 5) is 0. The molecule has 1 saturated carbocycles. The molecule has 1 aliphatic carbocycles. The third kappa shape index (κ3) is 2.94. The Morgan fingerprint density at radius 3 is 2.80 bits per heavy atom. The van der Waals surface area contributed by atoms with Crippen LogP contribution < -0.4 is 5.32 Å². The molecule has 2 nitrogen and oxygen atoms in total. The van der Waals surface area contributed by atoms with Gasteiger partial charge in [0.1, 0.15) is 0 Å². The van der Waals surface area contributed by atoms with Crippen LogP contribution in [-0.4, -0.2) is 24.8 Å². The number of hydrogen-bond acceptors (Lipinski definition) is 2. The summed E-state index contributed by atoms with van der Waals surface area (Å²) in [5.41, 5.74) is 0.130. The van der Waals surface area contributed by atoms with Crippen molar-refractivity contribution in [2.24, 2.45) is 11.8 Å². The summed E-state index contributed by atoms with van der Waals surface area (Å²) >= 11 is 0. The third-order valence-electron chi connectivity index (χ3n) is 4.29. The van der Waals surface area contributed by atoms with E-state index in [2.05, 4.69) is 26.1 Å². The van der Waals surface area contributed by atoms with Gasteiger partial charge >= 0.3 is 0 Å². The average Bonchev–Trinajstić information content (AvgIpc) is 2.92. The molecule has 88 valence electrons. The highest BCUT2D eigenvalue weighted by Gasteiger charge is 2.35. The molecule has 1 heterocycles. The van der Waals surface area contributed by atoms with Gasteiger partial charge in [-0.1, -0.05) is 13.8 Å². The smallest absolute Gasteiger partial charge is 0.0666 e. The van der Waals surface area contributed by atoms with E-state index in [0.717, 1.165) is 24.9 Å². The van der Waals surface area contributed by atoms with Crippen molar-refractivity contribution in [3.8, 4) is 0 Å². The van der Waals surface area contributed by atoms with Crippen molar-refractivity contribution in [1.82, 2.24) is 5.32 Å². The maximum absolute atomic E-state index is 5.85. The maximum Gasteiger partial charge on any atom is 0.0666 e. The molecule has 0 aromatic rings. The van der Waals surface area contributed by atoms with Crippen LogP contribution in [0.5, 0.6) is 0 Å². The molecular formula is C13H25NO. The molecule has 1 aliphatic heterocycles. The maximum atomic E-state index is 5.85. The van der Waals surface area contributed by atoms with Gasteiger partial charge in [-0.25, -0.2) is 0 Å². The number of rotatable bonds is 4. The second-order valence-electron chi connectivity index (χ2n) is 5.72. The fourth-order valence-electron chi connectivity index (χ4n) is 2.55. The molecule has 1 saturated heterocycles. The van der Waals surface area contributed by atoms with E-state index in [4.69, 9.17) is 4.74 Å². The van der Waals surface area contributed by atoms with Gasteiger partial charge in [-0.15, -0.1) is 0 Å². The predicted molar refractivity (Wildman–Crippen MR) is 62.9 cm³/mol. The topological polar surface area (TPSA) is 21.3 Å². The third-order valence-corrected chi connectivity index (χ3v) is 4.29. The van der Waals surface area contributed by atoms with E-state index in [0.29, 0.717) is 6.04 Å². The molecule has 0 aromatic heterocycles. The molecule has 0 amide bonds. The van der Waals surface area contributed by atoms with Crippen molar-refractivity contribution < 1.29 is 4.74 Å². The summed E-state index contributed by atoms with van der Waals surface area (Å²) in [7, 11) is 0. The van der Waals surface area contributed by atoms with Crippen LogP contribution in [0.3, 0.4) is 0 Å². The van der Waals surface area contributed by atoms with Crippen LogP contribution in [0.25, 0.3) is 0 Å². The Hall–Kier alpha value is -0.0800. The average molecular weight is 211 g/mol. The standard InChI is InChI=1S/C13H25NO/c1-4-13(3)8-12(5-6-15-13)14-9-11-7-10(11)2/h10-12,14H,4-9H2,1-3H3. The van der Waals surface area contributed by atoms with Crippen LogP contribution >= 0.6 is 0 Å². The van der Waals surface area contributed by atoms with E-state index in [9.17, 15) is 0 Å². The fourth-order valence-corrected chi connectivity index (χ4v) is 2.55. The van der Waals surface area contributed by atoms with Crippen molar-refractivity contribution in [2.45, 2.75) is 58.1 Å². The molecule has 2 aliphatic rings. The van der Waals surface area contributed by atoms with E-state index >= 15 is 0 Å². The zero-order valence-electron chi connectivity index (χ0n) is 10.4. The fraction of sp³-hybridized carbons (Fsp3) is 1.00. The Labute approximate surface area is 93.8 Å². The van der Waals surface area contributed by atoms with Gasteiger partial charge in [-0.05, 0) is 51.0 Å². The lowest BCUT2D eigenvalue weighted by Gasteiger charge is -2.38. The van der Waals surface area contributed by atoms with Gasteiger partial charge < -0.3 is 10.1 Å². The van der Waals surface area contributed by atoms with Crippen LogP contribution in [0, 0.1) is 11.8 Å². The molecular weight excluding hydrogens is 186 g/mol. The van der Waals surface area contributed by atoms with Crippen molar-refractivity contribution in [2.75, 3.05) is 13.2 Å². The molecule has 2 rings (SSSR count). The number of hydrogen-bond donors (Lipinski definition) is 1. The first-order valence-electron chi connectivity index (χ1n) is 6.50. The molecule has 0 aromatic carbocycles. The molecule has 15 heavy (non-hydrogen) atoms. The highest BCUT2D eigenvalue weighted by Crippen LogP contribution is 2.37. The van der Waals surface area contributed by atoms with Crippen molar-refractivity contribution in [3.05, 3.63) is 0 Å². The monoisotopic (exact) mass is 211 g/mol. The Morgan fingerprint density at radius 1 is 1.47 bits per heavy atom. The van der Waals surface area contributed by atoms with E-state index in [1.54, 1.807) is 0 Å². The van der Waals surface area contributed by atoms with Gasteiger partial charge in [0, 0.05) is 12.6 Å². The molecule has 2 heteroatoms. The Bertz CT molecular complexity index is 219. The molecule has 0 bridgehead atoms. The largest absolute Gasteiger partial charge is 0.375 e. The highest BCUT2D eigenvalue weighted by atomic mass is 16.5. The summed E-state index contributed by atoms with van der Waals surface area (Å²) in [5, 5.41) is 3.72. The van der Waals surface area contributed by atoms with Gasteiger partial charge in [0.05, 0.1) is 5.60 Å². The van der Waals surface area contributed by atoms with Crippen LogP contribution in [0.15, 0.2) is 0 Å². The molecule has 0 radical (unpaired) electrons. The van der Waals surface area contributed by atoms with Crippen LogP contribution in [0.2, 0.25) is 0 Å². The Morgan fingerprint density at radius 2 is 2.20 bits per heavy atom. The van der Waals surface area contributed by atoms with Gasteiger partial charge in [0.25, 0.3) is 0 Å². The van der Waals surface area contributed by atoms with Crippen molar-refractivity contribution in [3.63, 3.8) is 0 Å². The first-order chi connectivity index (χ1) is 7.13. The lowest BCUT2D eigenvalue weighted by Crippen LogP contribution is -2.45. The zero-order valence-corrected chi connectivity index (χ0v) is 10.4. The van der Waals surface area contributed by atoms with E-state index < -0.39 is 0 Å². The van der Waals surface area contributed by atoms with Gasteiger partial charge in [0.2, 0.25) is 0 Å². The SMILES string of the molecule is CCC1(C)CC(NCC2CC2C)CCO1. The number of nitrogens with one attached hydrogen (secondary N) is 1. The first kappa shape index (κ1) is 11.4. The molecule has 4 atom stereocenters. The summed E-state index contributed by atoms with van der Waals surface area (Å²) in [6, 6.07) is 0.691. The minimum atomic E-state index is 0.130. The predicted octanol–water partition coefficient (Wildman–Crippen LogP) is 2.58. The van der Waals surface area contributed by atoms with Crippen molar-refractivity contribution >= 4 is 0 Å². The summed E-state index contributed by atoms with van der Waals surface area (Å²) in [5.74, 6) is 1.93. The molecule has 1 N–H and O–H groups in total. The van der Waals surface area contributed by atoms with Gasteiger partial charge in [-0.3, -0.25) is 0 Å². The lowest BCUT2D eigenvalue weighted by atomic mass is 9.90. The van der Waals surface area contributed by atoms with E-state index in [1.807, 2.05) is 0 Å². The molecule has 4 unspecified atom stereocenters. The molecule has 0 spiro atoms. The van der Waals surface area contributed by atoms with Gasteiger partial charge in [0.15, 0.2) is 0 Å². The zero-order chi connectivity index (χ0) is 10.9. The molecule has 2 fully saturated rings.